The van der Waals surface area contributed by atoms with Crippen LogP contribution >= 0.6 is 0 Å². The highest BCUT2D eigenvalue weighted by molar-refractivity contribution is 7.89. The van der Waals surface area contributed by atoms with Crippen LogP contribution in [0.25, 0.3) is 0 Å². The highest BCUT2D eigenvalue weighted by atomic mass is 32.2. The van der Waals surface area contributed by atoms with Crippen molar-refractivity contribution in [2.45, 2.75) is 30.7 Å². The summed E-state index contributed by atoms with van der Waals surface area (Å²) in [6.07, 6.45) is 3.95. The van der Waals surface area contributed by atoms with Crippen molar-refractivity contribution in [2.75, 3.05) is 19.6 Å². The van der Waals surface area contributed by atoms with E-state index in [4.69, 9.17) is 0 Å². The topological polar surface area (TPSA) is 62.3 Å². The van der Waals surface area contributed by atoms with Crippen LogP contribution in [0.4, 0.5) is 4.39 Å². The third-order valence-corrected chi connectivity index (χ3v) is 5.27. The Bertz CT molecular complexity index is 530. The molecule has 1 aliphatic heterocycles. The van der Waals surface area contributed by atoms with Gasteiger partial charge in [0, 0.05) is 25.3 Å². The number of likely N-dealkylation sites (N-methyl/N-ethyl adjacent to an activating group) is 1. The summed E-state index contributed by atoms with van der Waals surface area (Å²) in [7, 11) is -3.68. The number of hydrogen-bond acceptors (Lipinski definition) is 4. The predicted octanol–water partition coefficient (Wildman–Crippen LogP) is 0.983. The summed E-state index contributed by atoms with van der Waals surface area (Å²) in [4.78, 5) is 3.53. The molecule has 1 atom stereocenters. The number of halogens is 1. The molecule has 1 aromatic heterocycles. The first-order valence-electron chi connectivity index (χ1n) is 6.39. The van der Waals surface area contributed by atoms with Crippen molar-refractivity contribution in [3.63, 3.8) is 0 Å². The van der Waals surface area contributed by atoms with E-state index in [2.05, 4.69) is 10.3 Å². The molecule has 106 valence electrons. The lowest BCUT2D eigenvalue weighted by Gasteiger charge is -2.32. The van der Waals surface area contributed by atoms with Gasteiger partial charge in [-0.05, 0) is 25.5 Å². The highest BCUT2D eigenvalue weighted by Gasteiger charge is 2.31. The molecule has 7 heteroatoms. The lowest BCUT2D eigenvalue weighted by Crippen LogP contribution is -2.48. The van der Waals surface area contributed by atoms with Gasteiger partial charge in [-0.2, -0.15) is 4.31 Å². The number of sulfonamides is 1. The van der Waals surface area contributed by atoms with Gasteiger partial charge in [-0.1, -0.05) is 6.92 Å². The predicted molar refractivity (Wildman–Crippen MR) is 69.7 cm³/mol. The summed E-state index contributed by atoms with van der Waals surface area (Å²) in [6, 6.07) is 0.938. The van der Waals surface area contributed by atoms with E-state index in [1.54, 1.807) is 6.92 Å². The van der Waals surface area contributed by atoms with Gasteiger partial charge in [0.05, 0.1) is 6.20 Å². The maximum Gasteiger partial charge on any atom is 0.244 e. The lowest BCUT2D eigenvalue weighted by molar-refractivity contribution is 0.274. The van der Waals surface area contributed by atoms with Crippen LogP contribution in [0, 0.1) is 5.82 Å². The van der Waals surface area contributed by atoms with Crippen LogP contribution in [-0.4, -0.2) is 43.4 Å². The normalized spacial score (nSPS) is 20.7. The second-order valence-corrected chi connectivity index (χ2v) is 6.44. The maximum absolute atomic E-state index is 13.1. The van der Waals surface area contributed by atoms with E-state index in [1.165, 1.54) is 10.5 Å². The quantitative estimate of drug-likeness (QED) is 0.897. The fourth-order valence-electron chi connectivity index (χ4n) is 2.37. The Kier molecular flexibility index (Phi) is 4.49. The van der Waals surface area contributed by atoms with Crippen LogP contribution < -0.4 is 5.32 Å². The van der Waals surface area contributed by atoms with E-state index >= 15 is 0 Å². The van der Waals surface area contributed by atoms with E-state index in [0.29, 0.717) is 13.1 Å². The minimum absolute atomic E-state index is 0.0768. The molecule has 0 amide bonds. The van der Waals surface area contributed by atoms with Gasteiger partial charge >= 0.3 is 0 Å². The molecule has 1 aromatic rings. The molecule has 2 rings (SSSR count). The zero-order chi connectivity index (χ0) is 13.9. The standard InChI is InChI=1S/C12H18FN3O2S/c1-2-16(11-4-3-5-14-8-11)19(17,18)12-6-10(13)7-15-9-12/h6-7,9,11,14H,2-5,8H2,1H3. The Balaban J connectivity index is 2.30. The molecule has 1 fully saturated rings. The van der Waals surface area contributed by atoms with Gasteiger partial charge in [0.2, 0.25) is 10.0 Å². The summed E-state index contributed by atoms with van der Waals surface area (Å²) in [5.74, 6) is -0.640. The third-order valence-electron chi connectivity index (χ3n) is 3.28. The molecule has 1 aliphatic rings. The van der Waals surface area contributed by atoms with Crippen molar-refractivity contribution in [3.05, 3.63) is 24.3 Å². The van der Waals surface area contributed by atoms with Crippen molar-refractivity contribution in [3.8, 4) is 0 Å². The first kappa shape index (κ1) is 14.4. The van der Waals surface area contributed by atoms with E-state index in [1.807, 2.05) is 0 Å². The molecule has 0 aromatic carbocycles. The van der Waals surface area contributed by atoms with Crippen LogP contribution in [0.5, 0.6) is 0 Å². The van der Waals surface area contributed by atoms with Crippen LogP contribution in [0.3, 0.4) is 0 Å². The highest BCUT2D eigenvalue weighted by Crippen LogP contribution is 2.21. The molecule has 19 heavy (non-hydrogen) atoms. The third kappa shape index (κ3) is 3.10. The largest absolute Gasteiger partial charge is 0.315 e. The maximum atomic E-state index is 13.1. The van der Waals surface area contributed by atoms with Gasteiger partial charge in [0.15, 0.2) is 0 Å². The van der Waals surface area contributed by atoms with Gasteiger partial charge in [0.25, 0.3) is 0 Å². The minimum atomic E-state index is -3.68. The molecule has 0 aliphatic carbocycles. The molecule has 1 unspecified atom stereocenters. The lowest BCUT2D eigenvalue weighted by atomic mass is 10.1. The molecule has 0 radical (unpaired) electrons. The number of rotatable bonds is 4. The molecule has 5 nitrogen and oxygen atoms in total. The van der Waals surface area contributed by atoms with Gasteiger partial charge in [-0.3, -0.25) is 4.98 Å². The van der Waals surface area contributed by atoms with Crippen LogP contribution in [-0.2, 0) is 10.0 Å². The Hall–Kier alpha value is -1.05. The summed E-state index contributed by atoms with van der Waals surface area (Å²) in [5, 5.41) is 3.19. The van der Waals surface area contributed by atoms with E-state index in [-0.39, 0.29) is 10.9 Å². The molecule has 0 spiro atoms. The van der Waals surface area contributed by atoms with Crippen LogP contribution in [0.1, 0.15) is 19.8 Å². The summed E-state index contributed by atoms with van der Waals surface area (Å²) >= 11 is 0. The zero-order valence-electron chi connectivity index (χ0n) is 10.8. The minimum Gasteiger partial charge on any atom is -0.315 e. The van der Waals surface area contributed by atoms with Crippen molar-refractivity contribution >= 4 is 10.0 Å². The van der Waals surface area contributed by atoms with Gasteiger partial charge < -0.3 is 5.32 Å². The molecular formula is C12H18FN3O2S. The Labute approximate surface area is 112 Å². The second kappa shape index (κ2) is 5.94. The van der Waals surface area contributed by atoms with Crippen molar-refractivity contribution in [2.24, 2.45) is 0 Å². The number of pyridine rings is 1. The van der Waals surface area contributed by atoms with E-state index in [9.17, 15) is 12.8 Å². The average molecular weight is 287 g/mol. The molecule has 0 bridgehead atoms. The van der Waals surface area contributed by atoms with Crippen LogP contribution in [0.15, 0.2) is 23.4 Å². The van der Waals surface area contributed by atoms with Crippen molar-refractivity contribution < 1.29 is 12.8 Å². The summed E-state index contributed by atoms with van der Waals surface area (Å²) < 4.78 is 39.6. The molecule has 0 saturated carbocycles. The summed E-state index contributed by atoms with van der Waals surface area (Å²) in [5.41, 5.74) is 0. The fourth-order valence-corrected chi connectivity index (χ4v) is 4.01. The monoisotopic (exact) mass is 287 g/mol. The second-order valence-electron chi connectivity index (χ2n) is 4.55. The smallest absolute Gasteiger partial charge is 0.244 e. The number of aromatic nitrogens is 1. The van der Waals surface area contributed by atoms with E-state index < -0.39 is 15.8 Å². The SMILES string of the molecule is CCN(C1CCCNC1)S(=O)(=O)c1cncc(F)c1. The Morgan fingerprint density at radius 3 is 2.89 bits per heavy atom. The fraction of sp³-hybridized carbons (Fsp3) is 0.583. The summed E-state index contributed by atoms with van der Waals surface area (Å²) in [6.45, 7) is 3.70. The van der Waals surface area contributed by atoms with Gasteiger partial charge in [-0.25, -0.2) is 12.8 Å². The van der Waals surface area contributed by atoms with Crippen LogP contribution in [0.2, 0.25) is 0 Å². The Morgan fingerprint density at radius 2 is 2.32 bits per heavy atom. The van der Waals surface area contributed by atoms with Gasteiger partial charge in [0.1, 0.15) is 10.7 Å². The van der Waals surface area contributed by atoms with Crippen molar-refractivity contribution in [1.82, 2.24) is 14.6 Å². The number of piperidine rings is 1. The first-order valence-corrected chi connectivity index (χ1v) is 7.83. The number of nitrogens with zero attached hydrogens (tertiary/aromatic N) is 2. The zero-order valence-corrected chi connectivity index (χ0v) is 11.7. The molecule has 1 saturated heterocycles. The first-order chi connectivity index (χ1) is 9.05. The number of hydrogen-bond donors (Lipinski definition) is 1. The van der Waals surface area contributed by atoms with Crippen molar-refractivity contribution in [1.29, 1.82) is 0 Å². The molecular weight excluding hydrogens is 269 g/mol. The average Bonchev–Trinajstić information content (AvgIpc) is 2.40. The van der Waals surface area contributed by atoms with E-state index in [0.717, 1.165) is 31.6 Å². The number of nitrogens with one attached hydrogen (secondary N) is 1. The Morgan fingerprint density at radius 1 is 1.53 bits per heavy atom. The van der Waals surface area contributed by atoms with Gasteiger partial charge in [-0.15, -0.1) is 0 Å². The molecule has 2 heterocycles. The molecule has 1 N–H and O–H groups in total.